The molecule has 0 saturated carbocycles. The number of nitrogens with zero attached hydrogens (tertiary/aromatic N) is 1. The predicted octanol–water partition coefficient (Wildman–Crippen LogP) is 1.66. The molecule has 3 rings (SSSR count). The van der Waals surface area contributed by atoms with Crippen molar-refractivity contribution in [3.63, 3.8) is 0 Å². The molecule has 0 bridgehead atoms. The van der Waals surface area contributed by atoms with Crippen molar-refractivity contribution in [1.29, 1.82) is 0 Å². The third-order valence-electron chi connectivity index (χ3n) is 5.09. The molecule has 1 fully saturated rings. The molecule has 6 atom stereocenters. The quantitative estimate of drug-likeness (QED) is 0.305. The molecule has 0 amide bonds. The Hall–Kier alpha value is -2.83. The van der Waals surface area contributed by atoms with Crippen LogP contribution in [0.5, 0.6) is 5.75 Å². The number of halogens is 1. The largest absolute Gasteiger partial charge is 0.462 e. The number of aliphatic hydroxyl groups excluding tert-OH is 1. The number of esters is 1. The smallest absolute Gasteiger partial charge is 0.459 e. The van der Waals surface area contributed by atoms with Gasteiger partial charge in [-0.1, -0.05) is 18.2 Å². The highest BCUT2D eigenvalue weighted by atomic mass is 31.2. The van der Waals surface area contributed by atoms with Crippen molar-refractivity contribution in [2.45, 2.75) is 63.9 Å². The summed E-state index contributed by atoms with van der Waals surface area (Å²) in [6.07, 6.45) is -6.12. The van der Waals surface area contributed by atoms with Crippen molar-refractivity contribution in [2.24, 2.45) is 0 Å². The third-order valence-corrected chi connectivity index (χ3v) is 6.72. The van der Waals surface area contributed by atoms with E-state index in [1.54, 1.807) is 32.0 Å². The Morgan fingerprint density at radius 3 is 2.61 bits per heavy atom. The Morgan fingerprint density at radius 2 is 2.00 bits per heavy atom. The van der Waals surface area contributed by atoms with Crippen LogP contribution in [-0.2, 0) is 23.4 Å². The zero-order valence-corrected chi connectivity index (χ0v) is 20.9. The molecular weight excluding hydrogens is 500 g/mol. The van der Waals surface area contributed by atoms with Gasteiger partial charge in [-0.25, -0.2) is 13.8 Å². The molecule has 12 nitrogen and oxygen atoms in total. The second-order valence-corrected chi connectivity index (χ2v) is 10.2. The summed E-state index contributed by atoms with van der Waals surface area (Å²) in [4.78, 5) is 37.8. The maximum absolute atomic E-state index is 15.6. The minimum absolute atomic E-state index is 0.0858. The first-order valence-electron chi connectivity index (χ1n) is 11.5. The molecule has 198 valence electrons. The minimum atomic E-state index is -4.47. The summed E-state index contributed by atoms with van der Waals surface area (Å²) < 4.78 is 59.7. The van der Waals surface area contributed by atoms with Crippen molar-refractivity contribution in [2.75, 3.05) is 6.61 Å². The van der Waals surface area contributed by atoms with Crippen molar-refractivity contribution in [1.82, 2.24) is 14.6 Å². The lowest BCUT2D eigenvalue weighted by Gasteiger charge is -2.25. The van der Waals surface area contributed by atoms with Gasteiger partial charge >= 0.3 is 19.4 Å². The third kappa shape index (κ3) is 6.48. The first-order chi connectivity index (χ1) is 17.2. The van der Waals surface area contributed by atoms with Gasteiger partial charge in [0.2, 0.25) is 0 Å². The number of ether oxygens (including phenoxy) is 2. The SMILES string of the molecule is [2H][C@]1(CO[P@@](=O)(N[C@@H](C)C(=O)OC(C)C)Oc2ccccc2)O[C@@H](n2ccc(=O)[nH]c2=O)[C@](C)(F)[C@@H]1O. The van der Waals surface area contributed by atoms with E-state index in [2.05, 4.69) is 5.09 Å². The normalized spacial score (nSPS) is 28.8. The first kappa shape index (κ1) is 26.2. The molecule has 1 aromatic carbocycles. The highest BCUT2D eigenvalue weighted by molar-refractivity contribution is 7.52. The second-order valence-electron chi connectivity index (χ2n) is 8.52. The highest BCUT2D eigenvalue weighted by Gasteiger charge is 2.55. The molecule has 3 N–H and O–H groups in total. The Kier molecular flexibility index (Phi) is 8.06. The summed E-state index contributed by atoms with van der Waals surface area (Å²) in [5, 5.41) is 13.0. The van der Waals surface area contributed by atoms with Gasteiger partial charge in [-0.2, -0.15) is 5.09 Å². The second kappa shape index (κ2) is 11.1. The van der Waals surface area contributed by atoms with Gasteiger partial charge in [0.05, 0.1) is 14.1 Å². The summed E-state index contributed by atoms with van der Waals surface area (Å²) in [6.45, 7) is 4.50. The van der Waals surface area contributed by atoms with E-state index in [0.717, 1.165) is 19.2 Å². The average molecular weight is 530 g/mol. The molecule has 2 aromatic rings. The zero-order valence-electron chi connectivity index (χ0n) is 21.0. The number of H-pyrrole nitrogens is 1. The molecule has 0 spiro atoms. The Bertz CT molecular complexity index is 1270. The van der Waals surface area contributed by atoms with E-state index in [1.807, 2.05) is 4.98 Å². The molecule has 0 unspecified atom stereocenters. The number of carbonyl (C=O) groups excluding carboxylic acids is 1. The molecule has 2 heterocycles. The first-order valence-corrected chi connectivity index (χ1v) is 12.5. The van der Waals surface area contributed by atoms with Crippen LogP contribution in [0, 0.1) is 0 Å². The Labute approximate surface area is 207 Å². The molecule has 1 aliphatic heterocycles. The molecule has 0 aliphatic carbocycles. The van der Waals surface area contributed by atoms with Crippen molar-refractivity contribution in [3.05, 3.63) is 63.4 Å². The van der Waals surface area contributed by atoms with Crippen LogP contribution < -0.4 is 20.9 Å². The molecule has 1 aliphatic rings. The number of para-hydroxylation sites is 1. The maximum atomic E-state index is 15.6. The molecular formula is C22H29FN3O9P. The van der Waals surface area contributed by atoms with Crippen molar-refractivity contribution >= 4 is 13.7 Å². The molecule has 1 saturated heterocycles. The van der Waals surface area contributed by atoms with Crippen LogP contribution in [-0.4, -0.2) is 57.2 Å². The number of rotatable bonds is 10. The minimum Gasteiger partial charge on any atom is -0.462 e. The van der Waals surface area contributed by atoms with E-state index in [4.69, 9.17) is 19.9 Å². The highest BCUT2D eigenvalue weighted by Crippen LogP contribution is 2.47. The number of benzene rings is 1. The molecule has 36 heavy (non-hydrogen) atoms. The number of aliphatic hydroxyl groups is 1. The number of alkyl halides is 1. The monoisotopic (exact) mass is 530 g/mol. The number of aromatic nitrogens is 2. The fraction of sp³-hybridized carbons (Fsp3) is 0.500. The van der Waals surface area contributed by atoms with E-state index in [0.29, 0.717) is 4.57 Å². The summed E-state index contributed by atoms with van der Waals surface area (Å²) in [5.74, 6) is -0.676. The van der Waals surface area contributed by atoms with E-state index < -0.39 is 67.8 Å². The lowest BCUT2D eigenvalue weighted by Crippen LogP contribution is -2.43. The number of hydrogen-bond acceptors (Lipinski definition) is 9. The Morgan fingerprint density at radius 1 is 1.33 bits per heavy atom. The van der Waals surface area contributed by atoms with E-state index in [1.165, 1.54) is 19.1 Å². The van der Waals surface area contributed by atoms with Gasteiger partial charge in [-0.05, 0) is 39.8 Å². The van der Waals surface area contributed by atoms with E-state index >= 15 is 4.39 Å². The summed E-state index contributed by atoms with van der Waals surface area (Å²) >= 11 is 0. The average Bonchev–Trinajstić information content (AvgIpc) is 2.98. The van der Waals surface area contributed by atoms with Crippen molar-refractivity contribution < 1.29 is 38.7 Å². The fourth-order valence-electron chi connectivity index (χ4n) is 3.31. The predicted molar refractivity (Wildman–Crippen MR) is 125 cm³/mol. The van der Waals surface area contributed by atoms with Crippen LogP contribution in [0.4, 0.5) is 4.39 Å². The van der Waals surface area contributed by atoms with Gasteiger partial charge < -0.3 is 19.1 Å². The number of hydrogen-bond donors (Lipinski definition) is 3. The number of aromatic amines is 1. The van der Waals surface area contributed by atoms with Crippen LogP contribution in [0.25, 0.3) is 0 Å². The van der Waals surface area contributed by atoms with Crippen LogP contribution in [0.15, 0.2) is 52.2 Å². The van der Waals surface area contributed by atoms with E-state index in [9.17, 15) is 24.1 Å². The lowest BCUT2D eigenvalue weighted by atomic mass is 9.98. The maximum Gasteiger partial charge on any atom is 0.459 e. The van der Waals surface area contributed by atoms with Gasteiger partial charge in [0.15, 0.2) is 11.9 Å². The van der Waals surface area contributed by atoms with Crippen LogP contribution in [0.2, 0.25) is 0 Å². The van der Waals surface area contributed by atoms with Gasteiger partial charge in [0.25, 0.3) is 5.56 Å². The Balaban J connectivity index is 1.86. The van der Waals surface area contributed by atoms with Crippen molar-refractivity contribution in [3.8, 4) is 5.75 Å². The fourth-order valence-corrected chi connectivity index (χ4v) is 4.77. The van der Waals surface area contributed by atoms with Crippen LogP contribution >= 0.6 is 7.75 Å². The van der Waals surface area contributed by atoms with Gasteiger partial charge in [-0.3, -0.25) is 23.7 Å². The van der Waals surface area contributed by atoms with Gasteiger partial charge in [-0.15, -0.1) is 0 Å². The summed E-state index contributed by atoms with van der Waals surface area (Å²) in [5.41, 5.74) is -4.48. The zero-order chi connectivity index (χ0) is 27.6. The molecule has 1 aromatic heterocycles. The molecule has 0 radical (unpaired) electrons. The van der Waals surface area contributed by atoms with E-state index in [-0.39, 0.29) is 5.75 Å². The standard InChI is InChI=1S/C22H29FN3O9P/c1-13(2)33-19(29)14(3)25-36(31,35-15-8-6-5-7-9-15)32-12-16-18(28)22(4,23)20(34-16)26-11-10-17(27)24-21(26)30/h5-11,13-14,16,18,20,28H,12H2,1-4H3,(H,25,31)(H,24,27,30)/t14-,16+,18+,20+,22+,36-/m0/s1/i16D. The van der Waals surface area contributed by atoms with Crippen LogP contribution in [0.1, 0.15) is 35.3 Å². The summed E-state index contributed by atoms with van der Waals surface area (Å²) in [7, 11) is -4.47. The number of carbonyl (C=O) groups is 1. The topological polar surface area (TPSA) is 158 Å². The van der Waals surface area contributed by atoms with Gasteiger partial charge in [0.1, 0.15) is 24.0 Å². The number of nitrogens with one attached hydrogen (secondary N) is 2. The van der Waals surface area contributed by atoms with Gasteiger partial charge in [0, 0.05) is 12.3 Å². The summed E-state index contributed by atoms with van der Waals surface area (Å²) in [6, 6.07) is 7.54. The lowest BCUT2D eigenvalue weighted by molar-refractivity contribution is -0.149. The molecule has 14 heteroatoms. The van der Waals surface area contributed by atoms with Crippen LogP contribution in [0.3, 0.4) is 0 Å².